The molecular weight excluding hydrogens is 272 g/mol. The fourth-order valence-corrected chi connectivity index (χ4v) is 3.24. The molecule has 1 saturated carbocycles. The quantitative estimate of drug-likeness (QED) is 0.664. The van der Waals surface area contributed by atoms with Crippen LogP contribution in [0.25, 0.3) is 0 Å². The van der Waals surface area contributed by atoms with Crippen molar-refractivity contribution >= 4 is 11.7 Å². The third-order valence-corrected chi connectivity index (χ3v) is 4.63. The summed E-state index contributed by atoms with van der Waals surface area (Å²) in [5, 5.41) is 7.64. The summed E-state index contributed by atoms with van der Waals surface area (Å²) in [6.45, 7) is 3.88. The van der Waals surface area contributed by atoms with E-state index in [-0.39, 0.29) is 0 Å². The van der Waals surface area contributed by atoms with E-state index in [4.69, 9.17) is 0 Å². The molecule has 0 amide bonds. The van der Waals surface area contributed by atoms with Crippen LogP contribution in [0, 0.1) is 0 Å². The SMILES string of the molecule is C/C(=N/NC1=NCCCN1)c1ccc(C2CCCCC2)cc1. The Hall–Kier alpha value is -1.84. The number of hydrazone groups is 1. The molecule has 0 bridgehead atoms. The molecule has 0 spiro atoms. The highest BCUT2D eigenvalue weighted by molar-refractivity contribution is 5.99. The van der Waals surface area contributed by atoms with Gasteiger partial charge in [0.25, 0.3) is 0 Å². The van der Waals surface area contributed by atoms with Gasteiger partial charge < -0.3 is 5.32 Å². The second-order valence-corrected chi connectivity index (χ2v) is 6.28. The van der Waals surface area contributed by atoms with Gasteiger partial charge in [0.2, 0.25) is 5.96 Å². The van der Waals surface area contributed by atoms with Gasteiger partial charge in [0.05, 0.1) is 5.71 Å². The molecule has 1 fully saturated rings. The lowest BCUT2D eigenvalue weighted by Crippen LogP contribution is -2.38. The Kier molecular flexibility index (Phi) is 5.09. The van der Waals surface area contributed by atoms with Crippen LogP contribution in [0.1, 0.15) is 62.5 Å². The van der Waals surface area contributed by atoms with Crippen LogP contribution < -0.4 is 10.7 Å². The molecule has 0 aromatic heterocycles. The van der Waals surface area contributed by atoms with E-state index in [2.05, 4.69) is 45.1 Å². The first kappa shape index (κ1) is 15.1. The highest BCUT2D eigenvalue weighted by Gasteiger charge is 2.15. The van der Waals surface area contributed by atoms with Crippen LogP contribution in [0.3, 0.4) is 0 Å². The Morgan fingerprint density at radius 1 is 1.14 bits per heavy atom. The summed E-state index contributed by atoms with van der Waals surface area (Å²) < 4.78 is 0. The Balaban J connectivity index is 1.62. The number of rotatable bonds is 3. The fourth-order valence-electron chi connectivity index (χ4n) is 3.24. The van der Waals surface area contributed by atoms with E-state index in [1.54, 1.807) is 0 Å². The third kappa shape index (κ3) is 3.87. The maximum absolute atomic E-state index is 4.43. The highest BCUT2D eigenvalue weighted by Crippen LogP contribution is 2.32. The predicted molar refractivity (Wildman–Crippen MR) is 92.5 cm³/mol. The summed E-state index contributed by atoms with van der Waals surface area (Å²) in [5.74, 6) is 1.54. The molecule has 1 aliphatic heterocycles. The highest BCUT2D eigenvalue weighted by atomic mass is 15.4. The molecule has 1 aromatic carbocycles. The summed E-state index contributed by atoms with van der Waals surface area (Å²) in [6, 6.07) is 8.95. The first-order chi connectivity index (χ1) is 10.8. The molecule has 4 heteroatoms. The molecule has 118 valence electrons. The van der Waals surface area contributed by atoms with Crippen LogP contribution >= 0.6 is 0 Å². The molecule has 2 N–H and O–H groups in total. The second kappa shape index (κ2) is 7.43. The maximum atomic E-state index is 4.43. The fraction of sp³-hybridized carbons (Fsp3) is 0.556. The van der Waals surface area contributed by atoms with Gasteiger partial charge in [-0.15, -0.1) is 0 Å². The number of guanidine groups is 1. The average molecular weight is 298 g/mol. The Bertz CT molecular complexity index is 539. The zero-order chi connectivity index (χ0) is 15.2. The van der Waals surface area contributed by atoms with Crippen molar-refractivity contribution in [1.29, 1.82) is 0 Å². The Morgan fingerprint density at radius 3 is 2.59 bits per heavy atom. The van der Waals surface area contributed by atoms with Crippen molar-refractivity contribution in [1.82, 2.24) is 10.7 Å². The first-order valence-electron chi connectivity index (χ1n) is 8.52. The van der Waals surface area contributed by atoms with Crippen LogP contribution in [-0.2, 0) is 0 Å². The van der Waals surface area contributed by atoms with Crippen LogP contribution in [0.2, 0.25) is 0 Å². The number of hydrogen-bond acceptors (Lipinski definition) is 4. The van der Waals surface area contributed by atoms with Gasteiger partial charge in [-0.05, 0) is 43.2 Å². The van der Waals surface area contributed by atoms with Crippen molar-refractivity contribution in [3.8, 4) is 0 Å². The van der Waals surface area contributed by atoms with Gasteiger partial charge in [-0.25, -0.2) is 5.43 Å². The van der Waals surface area contributed by atoms with Crippen molar-refractivity contribution in [3.63, 3.8) is 0 Å². The monoisotopic (exact) mass is 298 g/mol. The summed E-state index contributed by atoms with van der Waals surface area (Å²) in [7, 11) is 0. The van der Waals surface area contributed by atoms with Gasteiger partial charge in [-0.2, -0.15) is 5.10 Å². The molecule has 1 heterocycles. The first-order valence-corrected chi connectivity index (χ1v) is 8.52. The summed E-state index contributed by atoms with van der Waals surface area (Å²) in [5.41, 5.74) is 6.67. The second-order valence-electron chi connectivity index (χ2n) is 6.28. The molecule has 0 radical (unpaired) electrons. The molecule has 0 atom stereocenters. The number of benzene rings is 1. The van der Waals surface area contributed by atoms with Crippen LogP contribution in [0.5, 0.6) is 0 Å². The minimum absolute atomic E-state index is 0.763. The molecule has 2 aliphatic rings. The number of nitrogens with one attached hydrogen (secondary N) is 2. The van der Waals surface area contributed by atoms with E-state index >= 15 is 0 Å². The molecule has 0 saturated heterocycles. The van der Waals surface area contributed by atoms with E-state index in [0.29, 0.717) is 0 Å². The lowest BCUT2D eigenvalue weighted by molar-refractivity contribution is 0.443. The van der Waals surface area contributed by atoms with Crippen LogP contribution in [0.4, 0.5) is 0 Å². The van der Waals surface area contributed by atoms with Crippen LogP contribution in [-0.4, -0.2) is 24.8 Å². The minimum atomic E-state index is 0.763. The zero-order valence-electron chi connectivity index (χ0n) is 13.4. The van der Waals surface area contributed by atoms with Gasteiger partial charge in [0.1, 0.15) is 0 Å². The Labute approximate surface area is 133 Å². The smallest absolute Gasteiger partial charge is 0.212 e. The van der Waals surface area contributed by atoms with E-state index < -0.39 is 0 Å². The third-order valence-electron chi connectivity index (χ3n) is 4.63. The van der Waals surface area contributed by atoms with Crippen molar-refractivity contribution in [2.24, 2.45) is 10.1 Å². The van der Waals surface area contributed by atoms with E-state index in [1.165, 1.54) is 43.2 Å². The number of nitrogens with zero attached hydrogens (tertiary/aromatic N) is 2. The Morgan fingerprint density at radius 2 is 1.91 bits per heavy atom. The average Bonchev–Trinajstić information content (AvgIpc) is 2.61. The molecule has 1 aliphatic carbocycles. The van der Waals surface area contributed by atoms with E-state index in [0.717, 1.165) is 37.1 Å². The van der Waals surface area contributed by atoms with E-state index in [1.807, 2.05) is 6.92 Å². The van der Waals surface area contributed by atoms with Gasteiger partial charge in [-0.3, -0.25) is 4.99 Å². The lowest BCUT2D eigenvalue weighted by atomic mass is 9.84. The zero-order valence-corrected chi connectivity index (χ0v) is 13.4. The van der Waals surface area contributed by atoms with Crippen LogP contribution in [0.15, 0.2) is 34.4 Å². The van der Waals surface area contributed by atoms with Crippen molar-refractivity contribution in [2.45, 2.75) is 51.4 Å². The molecule has 0 unspecified atom stereocenters. The van der Waals surface area contributed by atoms with Crippen molar-refractivity contribution in [3.05, 3.63) is 35.4 Å². The van der Waals surface area contributed by atoms with Crippen molar-refractivity contribution in [2.75, 3.05) is 13.1 Å². The molecular formula is C18H26N4. The largest absolute Gasteiger partial charge is 0.355 e. The number of hydrogen-bond donors (Lipinski definition) is 2. The number of aliphatic imine (C=N–C) groups is 1. The molecule has 22 heavy (non-hydrogen) atoms. The van der Waals surface area contributed by atoms with Gasteiger partial charge >= 0.3 is 0 Å². The summed E-state index contributed by atoms with van der Waals surface area (Å²) in [6.07, 6.45) is 7.96. The van der Waals surface area contributed by atoms with E-state index in [9.17, 15) is 0 Å². The summed E-state index contributed by atoms with van der Waals surface area (Å²) in [4.78, 5) is 4.36. The summed E-state index contributed by atoms with van der Waals surface area (Å²) >= 11 is 0. The lowest BCUT2D eigenvalue weighted by Gasteiger charge is -2.22. The minimum Gasteiger partial charge on any atom is -0.355 e. The molecule has 1 aromatic rings. The molecule has 4 nitrogen and oxygen atoms in total. The van der Waals surface area contributed by atoms with Gasteiger partial charge in [0.15, 0.2) is 0 Å². The predicted octanol–water partition coefficient (Wildman–Crippen LogP) is 3.40. The van der Waals surface area contributed by atoms with Gasteiger partial charge in [0, 0.05) is 13.1 Å². The van der Waals surface area contributed by atoms with Crippen molar-refractivity contribution < 1.29 is 0 Å². The normalized spacial score (nSPS) is 20.2. The molecule has 3 rings (SSSR count). The standard InChI is InChI=1S/C18H26N4/c1-14(21-22-18-19-12-5-13-20-18)15-8-10-17(11-9-15)16-6-3-2-4-7-16/h8-11,16H,2-7,12-13H2,1H3,(H2,19,20,22)/b21-14-. The maximum Gasteiger partial charge on any atom is 0.212 e. The van der Waals surface area contributed by atoms with Gasteiger partial charge in [-0.1, -0.05) is 43.5 Å². The topological polar surface area (TPSA) is 48.8 Å².